The molecule has 1 heterocycles. The molecule has 0 aliphatic heterocycles. The van der Waals surface area contributed by atoms with Gasteiger partial charge in [-0.2, -0.15) is 0 Å². The van der Waals surface area contributed by atoms with Crippen LogP contribution < -0.4 is 14.8 Å². The summed E-state index contributed by atoms with van der Waals surface area (Å²) in [7, 11) is 3.15. The monoisotopic (exact) mass is 444 g/mol. The molecule has 1 fully saturated rings. The molecule has 2 aromatic rings. The van der Waals surface area contributed by atoms with Crippen LogP contribution in [0.1, 0.15) is 44.3 Å². The van der Waals surface area contributed by atoms with Crippen LogP contribution >= 0.6 is 11.8 Å². The molecule has 31 heavy (non-hydrogen) atoms. The molecule has 0 atom stereocenters. The van der Waals surface area contributed by atoms with Crippen LogP contribution in [0.2, 0.25) is 0 Å². The number of hydrogen-bond donors (Lipinski definition) is 1. The molecule has 1 amide bonds. The van der Waals surface area contributed by atoms with Crippen LogP contribution in [0.3, 0.4) is 0 Å². The van der Waals surface area contributed by atoms with Gasteiger partial charge in [-0.1, -0.05) is 49.9 Å². The van der Waals surface area contributed by atoms with Crippen molar-refractivity contribution in [2.45, 2.75) is 56.6 Å². The van der Waals surface area contributed by atoms with Gasteiger partial charge in [0.05, 0.1) is 25.7 Å². The highest BCUT2D eigenvalue weighted by atomic mass is 32.2. The van der Waals surface area contributed by atoms with E-state index in [1.54, 1.807) is 32.4 Å². The molecule has 1 aromatic heterocycles. The van der Waals surface area contributed by atoms with Crippen molar-refractivity contribution in [3.05, 3.63) is 36.7 Å². The maximum atomic E-state index is 12.6. The second-order valence-electron chi connectivity index (χ2n) is 7.74. The third kappa shape index (κ3) is 6.50. The van der Waals surface area contributed by atoms with Crippen molar-refractivity contribution in [1.82, 2.24) is 14.8 Å². The second kappa shape index (κ2) is 11.8. The van der Waals surface area contributed by atoms with Gasteiger partial charge in [0, 0.05) is 19.0 Å². The molecule has 8 heteroatoms. The molecular formula is C23H32N4O3S. The van der Waals surface area contributed by atoms with Gasteiger partial charge in [-0.25, -0.2) is 0 Å². The number of anilines is 1. The summed E-state index contributed by atoms with van der Waals surface area (Å²) in [6.07, 6.45) is 10.6. The zero-order valence-electron chi connectivity index (χ0n) is 18.4. The third-order valence-corrected chi connectivity index (χ3v) is 6.59. The number of hydrogen-bond acceptors (Lipinski definition) is 6. The van der Waals surface area contributed by atoms with Crippen LogP contribution in [0, 0.1) is 5.92 Å². The summed E-state index contributed by atoms with van der Waals surface area (Å²) in [6.45, 7) is 4.50. The molecule has 0 radical (unpaired) electrons. The summed E-state index contributed by atoms with van der Waals surface area (Å²) in [5, 5.41) is 12.4. The lowest BCUT2D eigenvalue weighted by Gasteiger charge is -2.21. The Morgan fingerprint density at radius 2 is 2.06 bits per heavy atom. The Morgan fingerprint density at radius 3 is 2.77 bits per heavy atom. The van der Waals surface area contributed by atoms with Gasteiger partial charge in [0.2, 0.25) is 5.91 Å². The van der Waals surface area contributed by atoms with Crippen molar-refractivity contribution in [2.24, 2.45) is 5.92 Å². The van der Waals surface area contributed by atoms with Crippen molar-refractivity contribution in [2.75, 3.05) is 25.3 Å². The minimum absolute atomic E-state index is 0.145. The number of benzene rings is 1. The fourth-order valence-corrected chi connectivity index (χ4v) is 4.73. The molecule has 0 unspecified atom stereocenters. The van der Waals surface area contributed by atoms with Gasteiger partial charge in [0.1, 0.15) is 17.3 Å². The lowest BCUT2D eigenvalue weighted by Crippen LogP contribution is -2.15. The molecule has 1 aliphatic carbocycles. The number of carbonyl (C=O) groups excluding carboxylic acids is 1. The predicted octanol–water partition coefficient (Wildman–Crippen LogP) is 4.73. The van der Waals surface area contributed by atoms with Crippen LogP contribution in [0.5, 0.6) is 11.5 Å². The van der Waals surface area contributed by atoms with Gasteiger partial charge in [0.15, 0.2) is 5.16 Å². The molecule has 1 saturated carbocycles. The van der Waals surface area contributed by atoms with E-state index in [1.165, 1.54) is 43.9 Å². The van der Waals surface area contributed by atoms with Crippen molar-refractivity contribution in [1.29, 1.82) is 0 Å². The number of rotatable bonds is 11. The minimum Gasteiger partial charge on any atom is -0.497 e. The topological polar surface area (TPSA) is 78.3 Å². The molecule has 1 N–H and O–H groups in total. The molecule has 3 rings (SSSR count). The highest BCUT2D eigenvalue weighted by molar-refractivity contribution is 7.99. The van der Waals surface area contributed by atoms with E-state index in [9.17, 15) is 4.79 Å². The SMILES string of the molecule is C=CCn1c(CCC2CCCCC2)nnc1SCC(=O)Nc1cc(OC)ccc1OC. The molecule has 1 aromatic carbocycles. The zero-order chi connectivity index (χ0) is 22.1. The van der Waals surface area contributed by atoms with Gasteiger partial charge < -0.3 is 19.4 Å². The third-order valence-electron chi connectivity index (χ3n) is 5.62. The Kier molecular flexibility index (Phi) is 8.82. The van der Waals surface area contributed by atoms with E-state index >= 15 is 0 Å². The van der Waals surface area contributed by atoms with Crippen LogP contribution in [0.15, 0.2) is 36.0 Å². The van der Waals surface area contributed by atoms with Gasteiger partial charge in [0.25, 0.3) is 0 Å². The number of aryl methyl sites for hydroxylation is 1. The minimum atomic E-state index is -0.145. The van der Waals surface area contributed by atoms with E-state index in [-0.39, 0.29) is 11.7 Å². The first-order valence-corrected chi connectivity index (χ1v) is 11.8. The summed E-state index contributed by atoms with van der Waals surface area (Å²) in [5.41, 5.74) is 0.577. The van der Waals surface area contributed by atoms with Gasteiger partial charge in [-0.3, -0.25) is 4.79 Å². The van der Waals surface area contributed by atoms with E-state index in [4.69, 9.17) is 9.47 Å². The fraction of sp³-hybridized carbons (Fsp3) is 0.522. The Hall–Kier alpha value is -2.48. The van der Waals surface area contributed by atoms with E-state index in [0.717, 1.165) is 29.7 Å². The largest absolute Gasteiger partial charge is 0.497 e. The lowest BCUT2D eigenvalue weighted by atomic mass is 9.86. The van der Waals surface area contributed by atoms with Crippen molar-refractivity contribution < 1.29 is 14.3 Å². The van der Waals surface area contributed by atoms with Crippen molar-refractivity contribution in [3.63, 3.8) is 0 Å². The smallest absolute Gasteiger partial charge is 0.234 e. The molecule has 0 spiro atoms. The number of allylic oxidation sites excluding steroid dienone is 1. The Morgan fingerprint density at radius 1 is 1.26 bits per heavy atom. The molecule has 0 bridgehead atoms. The first kappa shape index (κ1) is 23.2. The summed E-state index contributed by atoms with van der Waals surface area (Å²) >= 11 is 1.38. The Balaban J connectivity index is 1.59. The highest BCUT2D eigenvalue weighted by Gasteiger charge is 2.18. The van der Waals surface area contributed by atoms with Crippen LogP contribution in [0.4, 0.5) is 5.69 Å². The van der Waals surface area contributed by atoms with Crippen LogP contribution in [-0.2, 0) is 17.8 Å². The number of aromatic nitrogens is 3. The van der Waals surface area contributed by atoms with E-state index < -0.39 is 0 Å². The zero-order valence-corrected chi connectivity index (χ0v) is 19.2. The number of methoxy groups -OCH3 is 2. The second-order valence-corrected chi connectivity index (χ2v) is 8.69. The molecule has 168 valence electrons. The molecular weight excluding hydrogens is 412 g/mol. The number of ether oxygens (including phenoxy) is 2. The summed E-state index contributed by atoms with van der Waals surface area (Å²) in [5.74, 6) is 3.08. The van der Waals surface area contributed by atoms with Crippen LogP contribution in [0.25, 0.3) is 0 Å². The maximum Gasteiger partial charge on any atom is 0.234 e. The first-order chi connectivity index (χ1) is 15.1. The van der Waals surface area contributed by atoms with Crippen LogP contribution in [-0.4, -0.2) is 40.6 Å². The standard InChI is InChI=1S/C23H32N4O3S/c1-4-14-27-21(13-10-17-8-6-5-7-9-17)25-26-23(27)31-16-22(28)24-19-15-18(29-2)11-12-20(19)30-3/h4,11-12,15,17H,1,5-10,13-14,16H2,2-3H3,(H,24,28). The lowest BCUT2D eigenvalue weighted by molar-refractivity contribution is -0.113. The summed E-state index contributed by atoms with van der Waals surface area (Å²) < 4.78 is 12.6. The molecule has 1 aliphatic rings. The molecule has 7 nitrogen and oxygen atoms in total. The van der Waals surface area contributed by atoms with Crippen molar-refractivity contribution >= 4 is 23.4 Å². The highest BCUT2D eigenvalue weighted by Crippen LogP contribution is 2.30. The van der Waals surface area contributed by atoms with E-state index in [0.29, 0.717) is 23.7 Å². The fourth-order valence-electron chi connectivity index (χ4n) is 3.96. The average Bonchev–Trinajstić information content (AvgIpc) is 3.18. The predicted molar refractivity (Wildman–Crippen MR) is 124 cm³/mol. The van der Waals surface area contributed by atoms with Gasteiger partial charge in [-0.05, 0) is 24.5 Å². The van der Waals surface area contributed by atoms with Gasteiger partial charge in [-0.15, -0.1) is 16.8 Å². The van der Waals surface area contributed by atoms with Gasteiger partial charge >= 0.3 is 0 Å². The number of amides is 1. The Bertz CT molecular complexity index is 878. The quantitative estimate of drug-likeness (QED) is 0.399. The number of carbonyl (C=O) groups is 1. The van der Waals surface area contributed by atoms with E-state index in [1.807, 2.05) is 6.08 Å². The average molecular weight is 445 g/mol. The number of thioether (sulfide) groups is 1. The summed E-state index contributed by atoms with van der Waals surface area (Å²) in [4.78, 5) is 12.6. The van der Waals surface area contributed by atoms with Crippen molar-refractivity contribution in [3.8, 4) is 11.5 Å². The first-order valence-electron chi connectivity index (χ1n) is 10.8. The number of nitrogens with zero attached hydrogens (tertiary/aromatic N) is 3. The van der Waals surface area contributed by atoms with E-state index in [2.05, 4.69) is 26.7 Å². The molecule has 0 saturated heterocycles. The number of nitrogens with one attached hydrogen (secondary N) is 1. The maximum absolute atomic E-state index is 12.6. The Labute approximate surface area is 188 Å². The normalized spacial score (nSPS) is 14.3. The summed E-state index contributed by atoms with van der Waals surface area (Å²) in [6, 6.07) is 5.29.